The molecule has 0 spiro atoms. The summed E-state index contributed by atoms with van der Waals surface area (Å²) in [5, 5.41) is 7.68. The van der Waals surface area contributed by atoms with Crippen LogP contribution in [0.1, 0.15) is 96.4 Å². The Morgan fingerprint density at radius 3 is 0.985 bits per heavy atom. The van der Waals surface area contributed by atoms with Crippen molar-refractivity contribution in [3.8, 4) is 0 Å². The third kappa shape index (κ3) is 13.3. The van der Waals surface area contributed by atoms with Gasteiger partial charge < -0.3 is 18.7 Å². The quantitative estimate of drug-likeness (QED) is 0.0737. The number of carbonyl (C=O) groups is 1. The lowest BCUT2D eigenvalue weighted by Gasteiger charge is -2.43. The highest BCUT2D eigenvalue weighted by Crippen LogP contribution is 2.40. The molecule has 0 aromatic heterocycles. The van der Waals surface area contributed by atoms with Gasteiger partial charge in [0.25, 0.3) is 8.32 Å². The first-order valence-electron chi connectivity index (χ1n) is 23.8. The Kier molecular flexibility index (Phi) is 20.0. The normalized spacial score (nSPS) is 16.2. The van der Waals surface area contributed by atoms with Gasteiger partial charge in [0.05, 0.1) is 6.10 Å². The van der Waals surface area contributed by atoms with Crippen LogP contribution in [0.25, 0.3) is 0 Å². The fraction of sp³-hybridized carbons (Fsp3) is 0.362. The van der Waals surface area contributed by atoms with Crippen molar-refractivity contribution in [2.75, 3.05) is 6.61 Å². The molecule has 1 heterocycles. The summed E-state index contributed by atoms with van der Waals surface area (Å²) in [4.78, 5) is 11.4. The second kappa shape index (κ2) is 24.1. The van der Waals surface area contributed by atoms with Crippen molar-refractivity contribution in [1.29, 1.82) is 0 Å². The molecule has 4 nitrogen and oxygen atoms in total. The molecule has 358 valence electrons. The second-order valence-electron chi connectivity index (χ2n) is 20.4. The second-order valence-corrected chi connectivity index (χ2v) is 36.0. The standard InChI is InChI=1S/C24H32O4Si.2C16H19ClSi.C2H6/c1-23(2,3)29(19-12-8-6-9-13-19,20-14-10-7-11-15-20)26-17-16-21-22(18-25)28-24(4,5)27-21;2*1-16(2,3)18(17,14-10-6-4-7-11-14)15-12-8-5-9-13-15;1-2/h6-15,18,21-22H,16-17H2,1-5H3;2*4-13H,1-3H3;1-2H3/t21-,22+;;;/m0.../s1. The molecule has 1 saturated heterocycles. The van der Waals surface area contributed by atoms with Crippen LogP contribution in [0.5, 0.6) is 0 Å². The first kappa shape index (κ1) is 55.7. The largest absolute Gasteiger partial charge is 0.407 e. The minimum atomic E-state index is -2.57. The Balaban J connectivity index is 0.000000225. The van der Waals surface area contributed by atoms with E-state index in [4.69, 9.17) is 36.1 Å². The first-order chi connectivity index (χ1) is 31.6. The van der Waals surface area contributed by atoms with Gasteiger partial charge in [-0.15, -0.1) is 0 Å². The zero-order valence-electron chi connectivity index (χ0n) is 42.4. The van der Waals surface area contributed by atoms with Gasteiger partial charge in [0.15, 0.2) is 12.1 Å². The Bertz CT molecular complexity index is 2110. The molecule has 7 rings (SSSR count). The molecule has 1 fully saturated rings. The molecule has 0 aliphatic carbocycles. The molecular weight excluding hydrogens is 916 g/mol. The van der Waals surface area contributed by atoms with Crippen molar-refractivity contribution in [1.82, 2.24) is 0 Å². The number of aldehydes is 1. The predicted octanol–water partition coefficient (Wildman–Crippen LogP) is 12.3. The number of halogens is 2. The van der Waals surface area contributed by atoms with Gasteiger partial charge in [-0.3, -0.25) is 0 Å². The molecule has 6 aromatic rings. The van der Waals surface area contributed by atoms with Crippen molar-refractivity contribution in [2.45, 2.75) is 130 Å². The molecule has 9 heteroatoms. The van der Waals surface area contributed by atoms with Crippen molar-refractivity contribution in [3.63, 3.8) is 0 Å². The molecule has 2 atom stereocenters. The lowest BCUT2D eigenvalue weighted by molar-refractivity contribution is -0.150. The third-order valence-corrected chi connectivity index (χ3v) is 32.0. The van der Waals surface area contributed by atoms with Gasteiger partial charge in [-0.25, -0.2) is 0 Å². The Labute approximate surface area is 417 Å². The molecule has 1 aliphatic heterocycles. The zero-order chi connectivity index (χ0) is 49.6. The van der Waals surface area contributed by atoms with E-state index in [2.05, 4.69) is 208 Å². The topological polar surface area (TPSA) is 44.8 Å². The van der Waals surface area contributed by atoms with Gasteiger partial charge in [0, 0.05) is 6.61 Å². The number of benzene rings is 6. The fourth-order valence-corrected chi connectivity index (χ4v) is 21.9. The van der Waals surface area contributed by atoms with E-state index < -0.39 is 35.0 Å². The van der Waals surface area contributed by atoms with E-state index in [0.29, 0.717) is 13.0 Å². The van der Waals surface area contributed by atoms with E-state index in [-0.39, 0.29) is 21.2 Å². The Hall–Kier alpha value is -3.90. The van der Waals surface area contributed by atoms with Crippen molar-refractivity contribution in [3.05, 3.63) is 182 Å². The lowest BCUT2D eigenvalue weighted by Crippen LogP contribution is -2.66. The summed E-state index contributed by atoms with van der Waals surface area (Å²) >= 11 is 14.4. The number of hydrogen-bond acceptors (Lipinski definition) is 4. The van der Waals surface area contributed by atoms with Gasteiger partial charge in [-0.2, -0.15) is 22.2 Å². The molecule has 0 amide bonds. The fourth-order valence-electron chi connectivity index (χ4n) is 9.03. The van der Waals surface area contributed by atoms with E-state index >= 15 is 0 Å². The molecule has 0 N–H and O–H groups in total. The van der Waals surface area contributed by atoms with E-state index in [1.807, 2.05) is 64.1 Å². The summed E-state index contributed by atoms with van der Waals surface area (Å²) in [5.41, 5.74) is 0. The maximum atomic E-state index is 11.4. The van der Waals surface area contributed by atoms with Crippen molar-refractivity contribution < 1.29 is 18.7 Å². The van der Waals surface area contributed by atoms with Crippen LogP contribution in [0.2, 0.25) is 15.1 Å². The molecule has 0 radical (unpaired) electrons. The maximum Gasteiger partial charge on any atom is 0.261 e. The van der Waals surface area contributed by atoms with Gasteiger partial charge in [-0.05, 0) is 66.5 Å². The van der Waals surface area contributed by atoms with Crippen molar-refractivity contribution in [2.24, 2.45) is 0 Å². The van der Waals surface area contributed by atoms with Crippen LogP contribution in [-0.4, -0.2) is 54.0 Å². The Morgan fingerprint density at radius 1 is 0.478 bits per heavy atom. The zero-order valence-corrected chi connectivity index (χ0v) is 46.9. The lowest BCUT2D eigenvalue weighted by atomic mass is 10.2. The third-order valence-electron chi connectivity index (χ3n) is 12.2. The molecular formula is C58H76Cl2O4Si3. The first-order valence-corrected chi connectivity index (χ1v) is 31.7. The van der Waals surface area contributed by atoms with Gasteiger partial charge in [0.2, 0.25) is 14.8 Å². The van der Waals surface area contributed by atoms with Crippen LogP contribution in [0.4, 0.5) is 0 Å². The summed E-state index contributed by atoms with van der Waals surface area (Å²) in [6.45, 7) is 28.4. The minimum Gasteiger partial charge on any atom is -0.407 e. The SMILES string of the molecule is CC.CC(C)(C)[Si](Cl)(c1ccccc1)c1ccccc1.CC(C)(C)[Si](Cl)(c1ccccc1)c1ccccc1.CC1(C)O[C@@H](CCO[Si](c2ccccc2)(c2ccccc2)C(C)(C)C)[C@@H](C=O)O1. The van der Waals surface area contributed by atoms with E-state index in [0.717, 1.165) is 6.29 Å². The van der Waals surface area contributed by atoms with Crippen LogP contribution in [-0.2, 0) is 18.7 Å². The highest BCUT2D eigenvalue weighted by Gasteiger charge is 2.51. The predicted molar refractivity (Wildman–Crippen MR) is 296 cm³/mol. The van der Waals surface area contributed by atoms with Gasteiger partial charge in [0.1, 0.15) is 6.10 Å². The van der Waals surface area contributed by atoms with Crippen LogP contribution in [0.15, 0.2) is 182 Å². The van der Waals surface area contributed by atoms with E-state index in [9.17, 15) is 4.79 Å². The summed E-state index contributed by atoms with van der Waals surface area (Å²) in [6.07, 6.45) is 0.605. The maximum absolute atomic E-state index is 11.4. The van der Waals surface area contributed by atoms with Gasteiger partial charge in [-0.1, -0.05) is 258 Å². The summed E-state index contributed by atoms with van der Waals surface area (Å²) < 4.78 is 18.5. The summed E-state index contributed by atoms with van der Waals surface area (Å²) in [6, 6.07) is 63.2. The van der Waals surface area contributed by atoms with Crippen molar-refractivity contribution >= 4 is 82.6 Å². The van der Waals surface area contributed by atoms with E-state index in [1.54, 1.807) is 0 Å². The highest BCUT2D eigenvalue weighted by molar-refractivity contribution is 7.36. The van der Waals surface area contributed by atoms with Crippen LogP contribution < -0.4 is 31.1 Å². The van der Waals surface area contributed by atoms with Gasteiger partial charge >= 0.3 is 0 Å². The average molecular weight is 992 g/mol. The van der Waals surface area contributed by atoms with Crippen LogP contribution >= 0.6 is 22.2 Å². The number of rotatable bonds is 11. The molecule has 0 unspecified atom stereocenters. The molecule has 0 bridgehead atoms. The molecule has 1 aliphatic rings. The average Bonchev–Trinajstić information content (AvgIpc) is 3.64. The Morgan fingerprint density at radius 2 is 0.746 bits per heavy atom. The number of ether oxygens (including phenoxy) is 2. The van der Waals surface area contributed by atoms with Crippen LogP contribution in [0, 0.1) is 0 Å². The summed E-state index contributed by atoms with van der Waals surface area (Å²) in [5.74, 6) is -0.742. The number of carbonyl (C=O) groups excluding carboxylic acids is 1. The molecule has 0 saturated carbocycles. The van der Waals surface area contributed by atoms with E-state index in [1.165, 1.54) is 31.1 Å². The van der Waals surface area contributed by atoms with Crippen LogP contribution in [0.3, 0.4) is 0 Å². The smallest absolute Gasteiger partial charge is 0.261 e. The highest BCUT2D eigenvalue weighted by atomic mass is 35.6. The summed E-state index contributed by atoms with van der Waals surface area (Å²) in [7, 11) is -7.04. The monoisotopic (exact) mass is 990 g/mol. The minimum absolute atomic E-state index is 0.0667. The molecule has 6 aromatic carbocycles. The molecule has 67 heavy (non-hydrogen) atoms. The number of hydrogen-bond donors (Lipinski definition) is 0.